The molecule has 3 heterocycles. The Labute approximate surface area is 148 Å². The molecule has 0 spiro atoms. The molecule has 2 aromatic heterocycles. The van der Waals surface area contributed by atoms with Crippen molar-refractivity contribution in [1.29, 1.82) is 0 Å². The first-order valence-corrected chi connectivity index (χ1v) is 9.04. The summed E-state index contributed by atoms with van der Waals surface area (Å²) in [5.41, 5.74) is 2.31. The summed E-state index contributed by atoms with van der Waals surface area (Å²) in [6, 6.07) is 0.0117. The smallest absolute Gasteiger partial charge is 0.156 e. The summed E-state index contributed by atoms with van der Waals surface area (Å²) in [6.45, 7) is 9.89. The number of aryl methyl sites for hydroxylation is 1. The molecule has 0 saturated carbocycles. The predicted octanol–water partition coefficient (Wildman–Crippen LogP) is 1.49. The maximum absolute atomic E-state index is 5.52. The molecule has 2 aromatic rings. The molecule has 0 aliphatic carbocycles. The number of anilines is 1. The average Bonchev–Trinajstić information content (AvgIpc) is 2.97. The number of hydrogen-bond acceptors (Lipinski definition) is 7. The molecule has 2 N–H and O–H groups in total. The van der Waals surface area contributed by atoms with Gasteiger partial charge in [0.25, 0.3) is 0 Å². The van der Waals surface area contributed by atoms with Crippen LogP contribution in [-0.2, 0) is 30.7 Å². The van der Waals surface area contributed by atoms with Crippen LogP contribution in [0.3, 0.4) is 0 Å². The Morgan fingerprint density at radius 3 is 2.92 bits per heavy atom. The molecular formula is C17H27N7O. The molecule has 8 heteroatoms. The molecule has 1 aliphatic heterocycles. The van der Waals surface area contributed by atoms with Crippen molar-refractivity contribution < 1.29 is 4.74 Å². The van der Waals surface area contributed by atoms with E-state index in [0.717, 1.165) is 55.6 Å². The maximum Gasteiger partial charge on any atom is 0.156 e. The van der Waals surface area contributed by atoms with Gasteiger partial charge in [-0.3, -0.25) is 0 Å². The third kappa shape index (κ3) is 4.13. The Morgan fingerprint density at radius 1 is 1.28 bits per heavy atom. The molecule has 0 aromatic carbocycles. The highest BCUT2D eigenvalue weighted by Gasteiger charge is 2.20. The first-order valence-electron chi connectivity index (χ1n) is 9.04. The zero-order chi connectivity index (χ0) is 17.6. The van der Waals surface area contributed by atoms with Crippen molar-refractivity contribution in [2.45, 2.75) is 52.8 Å². The van der Waals surface area contributed by atoms with E-state index in [2.05, 4.69) is 34.6 Å². The maximum atomic E-state index is 5.52. The molecule has 0 unspecified atom stereocenters. The fourth-order valence-electron chi connectivity index (χ4n) is 3.10. The van der Waals surface area contributed by atoms with E-state index in [9.17, 15) is 0 Å². The van der Waals surface area contributed by atoms with Crippen LogP contribution in [0.2, 0.25) is 0 Å². The van der Waals surface area contributed by atoms with Crippen LogP contribution in [0.15, 0.2) is 6.33 Å². The highest BCUT2D eigenvalue weighted by atomic mass is 16.5. The van der Waals surface area contributed by atoms with Crippen LogP contribution >= 0.6 is 0 Å². The molecule has 0 saturated heterocycles. The highest BCUT2D eigenvalue weighted by molar-refractivity contribution is 5.48. The average molecular weight is 345 g/mol. The second-order valence-corrected chi connectivity index (χ2v) is 6.10. The Kier molecular flexibility index (Phi) is 5.93. The standard InChI is InChI=1S/C17H27N7O/c1-4-24-17(19-11-20-24)12(3)21-16-13-6-8-18-9-7-14(13)22-15(23-16)10-25-5-2/h11-12,18H,4-10H2,1-3H3,(H,21,22,23)/t12-/m1/s1. The van der Waals surface area contributed by atoms with E-state index in [1.807, 2.05) is 11.6 Å². The van der Waals surface area contributed by atoms with Gasteiger partial charge in [0.05, 0.1) is 11.7 Å². The van der Waals surface area contributed by atoms with Crippen LogP contribution in [0.4, 0.5) is 5.82 Å². The van der Waals surface area contributed by atoms with E-state index in [-0.39, 0.29) is 6.04 Å². The largest absolute Gasteiger partial charge is 0.374 e. The van der Waals surface area contributed by atoms with Crippen LogP contribution in [0.1, 0.15) is 49.7 Å². The second kappa shape index (κ2) is 8.35. The van der Waals surface area contributed by atoms with E-state index >= 15 is 0 Å². The minimum absolute atomic E-state index is 0.0117. The summed E-state index contributed by atoms with van der Waals surface area (Å²) < 4.78 is 7.42. The summed E-state index contributed by atoms with van der Waals surface area (Å²) in [6.07, 6.45) is 3.42. The van der Waals surface area contributed by atoms with Gasteiger partial charge in [0.2, 0.25) is 0 Å². The summed E-state index contributed by atoms with van der Waals surface area (Å²) in [4.78, 5) is 13.9. The first-order chi connectivity index (χ1) is 12.2. The third-order valence-electron chi connectivity index (χ3n) is 4.35. The van der Waals surface area contributed by atoms with Crippen molar-refractivity contribution in [3.63, 3.8) is 0 Å². The van der Waals surface area contributed by atoms with Gasteiger partial charge in [-0.25, -0.2) is 19.6 Å². The van der Waals surface area contributed by atoms with Gasteiger partial charge < -0.3 is 15.4 Å². The molecular weight excluding hydrogens is 318 g/mol. The number of nitrogens with one attached hydrogen (secondary N) is 2. The molecule has 0 fully saturated rings. The van der Waals surface area contributed by atoms with E-state index in [1.54, 1.807) is 6.33 Å². The number of aromatic nitrogens is 5. The summed E-state index contributed by atoms with van der Waals surface area (Å²) >= 11 is 0. The first kappa shape index (κ1) is 17.8. The molecule has 1 aliphatic rings. The van der Waals surface area contributed by atoms with Gasteiger partial charge >= 0.3 is 0 Å². The Bertz CT molecular complexity index is 700. The lowest BCUT2D eigenvalue weighted by atomic mass is 10.1. The van der Waals surface area contributed by atoms with Gasteiger partial charge in [0, 0.05) is 31.7 Å². The van der Waals surface area contributed by atoms with Gasteiger partial charge in [-0.05, 0) is 33.7 Å². The second-order valence-electron chi connectivity index (χ2n) is 6.10. The van der Waals surface area contributed by atoms with E-state index in [1.165, 1.54) is 5.56 Å². The normalized spacial score (nSPS) is 15.5. The minimum Gasteiger partial charge on any atom is -0.374 e. The van der Waals surface area contributed by atoms with E-state index in [4.69, 9.17) is 14.7 Å². The minimum atomic E-state index is 0.0117. The van der Waals surface area contributed by atoms with Crippen LogP contribution in [-0.4, -0.2) is 44.4 Å². The summed E-state index contributed by atoms with van der Waals surface area (Å²) in [7, 11) is 0. The van der Waals surface area contributed by atoms with Gasteiger partial charge in [0.1, 0.15) is 24.6 Å². The van der Waals surface area contributed by atoms with Crippen LogP contribution in [0.25, 0.3) is 0 Å². The van der Waals surface area contributed by atoms with Crippen molar-refractivity contribution in [2.75, 3.05) is 25.0 Å². The molecule has 0 radical (unpaired) electrons. The lowest BCUT2D eigenvalue weighted by molar-refractivity contribution is 0.128. The highest BCUT2D eigenvalue weighted by Crippen LogP contribution is 2.24. The lowest BCUT2D eigenvalue weighted by Crippen LogP contribution is -2.18. The SMILES string of the molecule is CCOCc1nc2c(c(N[C@H](C)c3ncnn3CC)n1)CCNCC2. The van der Waals surface area contributed by atoms with Gasteiger partial charge in [-0.1, -0.05) is 0 Å². The van der Waals surface area contributed by atoms with Crippen molar-refractivity contribution in [1.82, 2.24) is 30.0 Å². The Morgan fingerprint density at radius 2 is 2.12 bits per heavy atom. The molecule has 3 rings (SSSR count). The van der Waals surface area contributed by atoms with Crippen molar-refractivity contribution in [3.05, 3.63) is 29.2 Å². The molecule has 8 nitrogen and oxygen atoms in total. The third-order valence-corrected chi connectivity index (χ3v) is 4.35. The van der Waals surface area contributed by atoms with Crippen LogP contribution < -0.4 is 10.6 Å². The number of rotatable bonds is 7. The van der Waals surface area contributed by atoms with Gasteiger partial charge in [0.15, 0.2) is 5.82 Å². The topological polar surface area (TPSA) is 89.8 Å². The van der Waals surface area contributed by atoms with Crippen molar-refractivity contribution in [2.24, 2.45) is 0 Å². The van der Waals surface area contributed by atoms with Crippen LogP contribution in [0.5, 0.6) is 0 Å². The fraction of sp³-hybridized carbons (Fsp3) is 0.647. The Balaban J connectivity index is 1.90. The zero-order valence-electron chi connectivity index (χ0n) is 15.2. The van der Waals surface area contributed by atoms with Crippen LogP contribution in [0, 0.1) is 0 Å². The van der Waals surface area contributed by atoms with E-state index < -0.39 is 0 Å². The molecule has 0 bridgehead atoms. The lowest BCUT2D eigenvalue weighted by Gasteiger charge is -2.19. The van der Waals surface area contributed by atoms with E-state index in [0.29, 0.717) is 13.2 Å². The van der Waals surface area contributed by atoms with Crippen molar-refractivity contribution in [3.8, 4) is 0 Å². The molecule has 25 heavy (non-hydrogen) atoms. The monoisotopic (exact) mass is 345 g/mol. The molecule has 0 amide bonds. The summed E-state index contributed by atoms with van der Waals surface area (Å²) in [5.74, 6) is 2.53. The predicted molar refractivity (Wildman–Crippen MR) is 95.4 cm³/mol. The fourth-order valence-corrected chi connectivity index (χ4v) is 3.10. The number of nitrogens with zero attached hydrogens (tertiary/aromatic N) is 5. The number of fused-ring (bicyclic) bond motifs is 1. The quantitative estimate of drug-likeness (QED) is 0.785. The molecule has 136 valence electrons. The number of ether oxygens (including phenoxy) is 1. The Hall–Kier alpha value is -2.06. The van der Waals surface area contributed by atoms with Crippen molar-refractivity contribution >= 4 is 5.82 Å². The van der Waals surface area contributed by atoms with Gasteiger partial charge in [-0.2, -0.15) is 5.10 Å². The number of hydrogen-bond donors (Lipinski definition) is 2. The molecule has 1 atom stereocenters. The summed E-state index contributed by atoms with van der Waals surface area (Å²) in [5, 5.41) is 11.2. The zero-order valence-corrected chi connectivity index (χ0v) is 15.2. The van der Waals surface area contributed by atoms with Gasteiger partial charge in [-0.15, -0.1) is 0 Å².